The number of fused-ring (bicyclic) bond motifs is 7. The van der Waals surface area contributed by atoms with Crippen LogP contribution < -0.4 is 0 Å². The molecule has 0 fully saturated rings. The second-order valence-electron chi connectivity index (χ2n) is 18.5. The van der Waals surface area contributed by atoms with Gasteiger partial charge in [-0.25, -0.2) is 4.98 Å². The van der Waals surface area contributed by atoms with Gasteiger partial charge in [-0.1, -0.05) is 161 Å². The molecule has 0 N–H and O–H groups in total. The molecule has 68 heavy (non-hydrogen) atoms. The van der Waals surface area contributed by atoms with Crippen LogP contribution in [0.2, 0.25) is 0 Å². The molecule has 0 unspecified atom stereocenters. The Kier molecular flexibility index (Phi) is 9.66. The van der Waals surface area contributed by atoms with Gasteiger partial charge in [-0.2, -0.15) is 9.97 Å². The van der Waals surface area contributed by atoms with Gasteiger partial charge in [-0.15, -0.1) is 0 Å². The third-order valence-corrected chi connectivity index (χ3v) is 13.4. The summed E-state index contributed by atoms with van der Waals surface area (Å²) >= 11 is 0. The molecule has 6 nitrogen and oxygen atoms in total. The molecule has 0 atom stereocenters. The van der Waals surface area contributed by atoms with Crippen molar-refractivity contribution in [2.75, 3.05) is 0 Å². The molecule has 0 saturated heterocycles. The molecule has 0 bridgehead atoms. The number of aromatic nitrogens is 5. The summed E-state index contributed by atoms with van der Waals surface area (Å²) in [5.74, 6) is 1.81. The van der Waals surface area contributed by atoms with Crippen LogP contribution in [0.3, 0.4) is 0 Å². The van der Waals surface area contributed by atoms with Gasteiger partial charge >= 0.3 is 0 Å². The summed E-state index contributed by atoms with van der Waals surface area (Å²) < 4.78 is 11.2. The van der Waals surface area contributed by atoms with E-state index in [1.807, 2.05) is 66.7 Å². The SMILES string of the molecule is C=C/C(=C\c1c(C)n(-c2ccccc2)c2ccc(-c3cccc4oc5ccc(-c6ccc7c(c6)c6ccccc6n7-c6nc(-c7ccccc7)nc(-c7ccccc7)n6)cc5c34)cc12)C(C)(C)C. The average molecular weight is 878 g/mol. The first-order chi connectivity index (χ1) is 33.2. The van der Waals surface area contributed by atoms with Crippen LogP contribution in [-0.2, 0) is 0 Å². The summed E-state index contributed by atoms with van der Waals surface area (Å²) in [5.41, 5.74) is 15.9. The highest BCUT2D eigenvalue weighted by Gasteiger charge is 2.22. The zero-order valence-electron chi connectivity index (χ0n) is 38.4. The van der Waals surface area contributed by atoms with Gasteiger partial charge < -0.3 is 8.98 Å². The number of rotatable bonds is 8. The summed E-state index contributed by atoms with van der Waals surface area (Å²) in [5, 5.41) is 5.59. The van der Waals surface area contributed by atoms with Gasteiger partial charge in [0, 0.05) is 55.0 Å². The maximum absolute atomic E-state index is 6.62. The molecular weight excluding hydrogens is 831 g/mol. The lowest BCUT2D eigenvalue weighted by atomic mass is 9.85. The standard InChI is InChI=1S/C62H47N5O/c1-6-45(62(3,4)5)38-49-39(2)66(46-23-14-9-15-24-46)54-33-30-44(37-51(49)54)47-26-18-28-57-58(47)52-36-43(31-34-56(52)68-57)42-29-32-55-50(35-42)48-25-16-17-27-53(48)67(55)61-64-59(40-19-10-7-11-20-40)63-60(65-61)41-21-12-8-13-22-41/h6-38H,1H2,2-5H3/b45-38+. The number of hydrogen-bond donors (Lipinski definition) is 0. The Morgan fingerprint density at radius 3 is 1.75 bits per heavy atom. The van der Waals surface area contributed by atoms with Crippen molar-refractivity contribution in [2.45, 2.75) is 27.7 Å². The third-order valence-electron chi connectivity index (χ3n) is 13.4. The van der Waals surface area contributed by atoms with E-state index in [9.17, 15) is 0 Å². The normalized spacial score (nSPS) is 12.3. The number of allylic oxidation sites excluding steroid dienone is 2. The minimum Gasteiger partial charge on any atom is -0.456 e. The Hall–Kier alpha value is -8.61. The molecule has 0 aliphatic rings. The van der Waals surface area contributed by atoms with Crippen molar-refractivity contribution in [3.63, 3.8) is 0 Å². The first-order valence-corrected chi connectivity index (χ1v) is 23.1. The lowest BCUT2D eigenvalue weighted by Gasteiger charge is -2.20. The number of hydrogen-bond acceptors (Lipinski definition) is 4. The molecule has 6 heteroatoms. The minimum atomic E-state index is -0.0687. The average Bonchev–Trinajstić information content (AvgIpc) is 4.01. The highest BCUT2D eigenvalue weighted by molar-refractivity contribution is 6.15. The van der Waals surface area contributed by atoms with Crippen molar-refractivity contribution in [1.29, 1.82) is 0 Å². The summed E-state index contributed by atoms with van der Waals surface area (Å²) in [7, 11) is 0. The van der Waals surface area contributed by atoms with Crippen LogP contribution in [0, 0.1) is 12.3 Å². The van der Waals surface area contributed by atoms with Gasteiger partial charge in [0.2, 0.25) is 5.95 Å². The van der Waals surface area contributed by atoms with Crippen LogP contribution >= 0.6 is 0 Å². The lowest BCUT2D eigenvalue weighted by Crippen LogP contribution is -2.07. The molecule has 4 aromatic heterocycles. The number of para-hydroxylation sites is 2. The van der Waals surface area contributed by atoms with Crippen molar-refractivity contribution >= 4 is 60.7 Å². The van der Waals surface area contributed by atoms with Crippen LogP contribution in [0.4, 0.5) is 0 Å². The van der Waals surface area contributed by atoms with Crippen molar-refractivity contribution in [1.82, 2.24) is 24.1 Å². The van der Waals surface area contributed by atoms with Crippen molar-refractivity contribution < 1.29 is 4.42 Å². The van der Waals surface area contributed by atoms with E-state index in [1.165, 1.54) is 22.2 Å². The molecule has 12 rings (SSSR count). The van der Waals surface area contributed by atoms with Crippen LogP contribution in [0.15, 0.2) is 211 Å². The summed E-state index contributed by atoms with van der Waals surface area (Å²) in [4.78, 5) is 15.2. The Morgan fingerprint density at radius 2 is 1.07 bits per heavy atom. The van der Waals surface area contributed by atoms with Gasteiger partial charge in [0.25, 0.3) is 0 Å². The fraction of sp³-hybridized carbons (Fsp3) is 0.0806. The van der Waals surface area contributed by atoms with E-state index >= 15 is 0 Å². The second-order valence-corrected chi connectivity index (χ2v) is 18.5. The predicted octanol–water partition coefficient (Wildman–Crippen LogP) is 16.4. The Bertz CT molecular complexity index is 3900. The van der Waals surface area contributed by atoms with Crippen molar-refractivity contribution in [2.24, 2.45) is 5.41 Å². The van der Waals surface area contributed by atoms with Crippen molar-refractivity contribution in [3.05, 3.63) is 218 Å². The maximum Gasteiger partial charge on any atom is 0.238 e. The van der Waals surface area contributed by atoms with E-state index in [-0.39, 0.29) is 5.41 Å². The van der Waals surface area contributed by atoms with Gasteiger partial charge in [-0.05, 0) is 107 Å². The summed E-state index contributed by atoms with van der Waals surface area (Å²) in [6.07, 6.45) is 4.33. The maximum atomic E-state index is 6.62. The fourth-order valence-corrected chi connectivity index (χ4v) is 9.95. The lowest BCUT2D eigenvalue weighted by molar-refractivity contribution is 0.521. The van der Waals surface area contributed by atoms with E-state index in [4.69, 9.17) is 19.4 Å². The van der Waals surface area contributed by atoms with Gasteiger partial charge in [-0.3, -0.25) is 4.57 Å². The largest absolute Gasteiger partial charge is 0.456 e. The molecule has 0 amide bonds. The molecule has 0 aliphatic heterocycles. The van der Waals surface area contributed by atoms with Crippen LogP contribution in [0.1, 0.15) is 32.0 Å². The number of furan rings is 1. The quantitative estimate of drug-likeness (QED) is 0.143. The smallest absolute Gasteiger partial charge is 0.238 e. The molecule has 8 aromatic carbocycles. The molecule has 0 spiro atoms. The Morgan fingerprint density at radius 1 is 0.500 bits per heavy atom. The highest BCUT2D eigenvalue weighted by atomic mass is 16.3. The topological polar surface area (TPSA) is 61.7 Å². The molecular formula is C62H47N5O. The monoisotopic (exact) mass is 877 g/mol. The number of nitrogens with zero attached hydrogens (tertiary/aromatic N) is 5. The molecule has 4 heterocycles. The molecule has 0 radical (unpaired) electrons. The number of benzene rings is 8. The fourth-order valence-electron chi connectivity index (χ4n) is 9.95. The molecule has 0 saturated carbocycles. The molecule has 0 aliphatic carbocycles. The Balaban J connectivity index is 1.01. The third kappa shape index (κ3) is 6.84. The van der Waals surface area contributed by atoms with Gasteiger partial charge in [0.1, 0.15) is 11.2 Å². The van der Waals surface area contributed by atoms with Crippen LogP contribution in [0.25, 0.3) is 117 Å². The first kappa shape index (κ1) is 40.9. The van der Waals surface area contributed by atoms with E-state index in [1.54, 1.807) is 0 Å². The summed E-state index contributed by atoms with van der Waals surface area (Å²) in [6.45, 7) is 13.2. The zero-order valence-corrected chi connectivity index (χ0v) is 38.4. The second kappa shape index (κ2) is 16.1. The van der Waals surface area contributed by atoms with Gasteiger partial charge in [0.15, 0.2) is 11.6 Å². The van der Waals surface area contributed by atoms with E-state index < -0.39 is 0 Å². The van der Waals surface area contributed by atoms with Gasteiger partial charge in [0.05, 0.1) is 16.6 Å². The predicted molar refractivity (Wildman–Crippen MR) is 282 cm³/mol. The van der Waals surface area contributed by atoms with E-state index in [2.05, 4.69) is 177 Å². The summed E-state index contributed by atoms with van der Waals surface area (Å²) in [6, 6.07) is 65.9. The Labute approximate surface area is 394 Å². The minimum absolute atomic E-state index is 0.0687. The molecule has 326 valence electrons. The van der Waals surface area contributed by atoms with Crippen LogP contribution in [0.5, 0.6) is 0 Å². The highest BCUT2D eigenvalue weighted by Crippen LogP contribution is 2.43. The van der Waals surface area contributed by atoms with E-state index in [0.717, 1.165) is 88.3 Å². The van der Waals surface area contributed by atoms with E-state index in [0.29, 0.717) is 17.6 Å². The molecule has 12 aromatic rings. The first-order valence-electron chi connectivity index (χ1n) is 23.1. The van der Waals surface area contributed by atoms with Crippen molar-refractivity contribution in [3.8, 4) is 56.7 Å². The zero-order chi connectivity index (χ0) is 46.1. The van der Waals surface area contributed by atoms with Crippen LogP contribution in [-0.4, -0.2) is 24.1 Å².